The van der Waals surface area contributed by atoms with Crippen molar-refractivity contribution in [3.05, 3.63) is 90.0 Å². The Morgan fingerprint density at radius 1 is 1.09 bits per heavy atom. The summed E-state index contributed by atoms with van der Waals surface area (Å²) in [5, 5.41) is 8.00. The number of ether oxygens (including phenoxy) is 1. The summed E-state index contributed by atoms with van der Waals surface area (Å²) in [5.41, 5.74) is 4.15. The summed E-state index contributed by atoms with van der Waals surface area (Å²) in [4.78, 5) is 23.8. The first kappa shape index (κ1) is 34.0. The third kappa shape index (κ3) is 8.91. The lowest BCUT2D eigenvalue weighted by atomic mass is 9.99. The van der Waals surface area contributed by atoms with Crippen molar-refractivity contribution < 1.29 is 27.1 Å². The van der Waals surface area contributed by atoms with Crippen molar-refractivity contribution in [3.63, 3.8) is 0 Å². The van der Waals surface area contributed by atoms with Gasteiger partial charge in [-0.3, -0.25) is 0 Å². The van der Waals surface area contributed by atoms with Gasteiger partial charge in [-0.1, -0.05) is 56.8 Å². The zero-order valence-electron chi connectivity index (χ0n) is 26.5. The maximum Gasteiger partial charge on any atom is 0.573 e. The van der Waals surface area contributed by atoms with Gasteiger partial charge in [0, 0.05) is 29.6 Å². The molecule has 0 bridgehead atoms. The van der Waals surface area contributed by atoms with Crippen molar-refractivity contribution in [1.82, 2.24) is 20.1 Å². The summed E-state index contributed by atoms with van der Waals surface area (Å²) in [6.45, 7) is 8.62. The smallest absolute Gasteiger partial charge is 0.406 e. The number of aliphatic imine (C=N–C) groups is 1. The van der Waals surface area contributed by atoms with E-state index in [1.165, 1.54) is 53.1 Å². The molecule has 248 valence electrons. The second-order valence-corrected chi connectivity index (χ2v) is 12.9. The molecule has 1 saturated heterocycles. The first-order chi connectivity index (χ1) is 22.4. The number of amidine groups is 1. The van der Waals surface area contributed by atoms with Gasteiger partial charge >= 0.3 is 12.4 Å². The number of amides is 2. The lowest BCUT2D eigenvalue weighted by Gasteiger charge is -2.37. The van der Waals surface area contributed by atoms with E-state index in [2.05, 4.69) is 37.0 Å². The van der Waals surface area contributed by atoms with Crippen LogP contribution in [0.5, 0.6) is 5.75 Å². The van der Waals surface area contributed by atoms with Crippen molar-refractivity contribution >= 4 is 28.6 Å². The van der Waals surface area contributed by atoms with Crippen LogP contribution in [0.15, 0.2) is 78.0 Å². The zero-order valence-corrected chi connectivity index (χ0v) is 27.3. The molecule has 2 amide bonds. The first-order valence-electron chi connectivity index (χ1n) is 15.3. The lowest BCUT2D eigenvalue weighted by Crippen LogP contribution is -2.43. The number of anilines is 1. The van der Waals surface area contributed by atoms with Gasteiger partial charge < -0.3 is 15.0 Å². The normalized spacial score (nSPS) is 16.8. The van der Waals surface area contributed by atoms with E-state index in [1.54, 1.807) is 12.1 Å². The number of nitrogens with one attached hydrogen (secondary N) is 1. The van der Waals surface area contributed by atoms with Gasteiger partial charge in [-0.15, -0.1) is 18.3 Å². The second-order valence-electron chi connectivity index (χ2n) is 11.9. The Bertz CT molecular complexity index is 1710. The highest BCUT2D eigenvalue weighted by Gasteiger charge is 2.31. The van der Waals surface area contributed by atoms with Crippen LogP contribution in [0.25, 0.3) is 17.1 Å². The van der Waals surface area contributed by atoms with Crippen LogP contribution in [0, 0.1) is 11.7 Å². The van der Waals surface area contributed by atoms with Gasteiger partial charge in [0.25, 0.3) is 0 Å². The minimum absolute atomic E-state index is 0.106. The highest BCUT2D eigenvalue weighted by Crippen LogP contribution is 2.35. The molecule has 0 aliphatic carbocycles. The average molecular weight is 669 g/mol. The fourth-order valence-electron chi connectivity index (χ4n) is 5.31. The molecule has 1 N–H and O–H groups in total. The van der Waals surface area contributed by atoms with Crippen molar-refractivity contribution in [2.45, 2.75) is 58.9 Å². The molecule has 1 aliphatic heterocycles. The van der Waals surface area contributed by atoms with E-state index in [9.17, 15) is 22.4 Å². The molecule has 47 heavy (non-hydrogen) atoms. The fraction of sp³-hybridized carbons (Fsp3) is 0.353. The molecule has 2 unspecified atom stereocenters. The molecule has 0 saturated carbocycles. The van der Waals surface area contributed by atoms with Gasteiger partial charge in [0.1, 0.15) is 17.9 Å². The summed E-state index contributed by atoms with van der Waals surface area (Å²) < 4.78 is 56.7. The molecule has 0 radical (unpaired) electrons. The molecule has 0 spiro atoms. The van der Waals surface area contributed by atoms with E-state index < -0.39 is 12.4 Å². The summed E-state index contributed by atoms with van der Waals surface area (Å²) in [5.74, 6) is 0.952. The van der Waals surface area contributed by atoms with E-state index in [-0.39, 0.29) is 29.4 Å². The van der Waals surface area contributed by atoms with Crippen LogP contribution < -0.4 is 15.0 Å². The number of urea groups is 1. The highest BCUT2D eigenvalue weighted by molar-refractivity contribution is 8.14. The largest absolute Gasteiger partial charge is 0.573 e. The Morgan fingerprint density at radius 2 is 1.81 bits per heavy atom. The Labute approximate surface area is 275 Å². The second kappa shape index (κ2) is 14.6. The number of carbonyl (C=O) groups excluding carboxylic acids is 1. The minimum atomic E-state index is -4.75. The van der Waals surface area contributed by atoms with E-state index in [0.29, 0.717) is 23.2 Å². The number of halogens is 4. The number of thioether (sulfide) groups is 1. The van der Waals surface area contributed by atoms with Crippen LogP contribution in [0.1, 0.15) is 51.2 Å². The molecule has 13 heteroatoms. The Morgan fingerprint density at radius 3 is 2.49 bits per heavy atom. The summed E-state index contributed by atoms with van der Waals surface area (Å²) >= 11 is 1.53. The van der Waals surface area contributed by atoms with Gasteiger partial charge in [0.05, 0.1) is 5.69 Å². The third-order valence-corrected chi connectivity index (χ3v) is 8.69. The standard InChI is InChI=1S/C34H36F4N6O2S/c1-21(2)29-18-26(35)9-14-30(29)44-23(4)15-16-47-33(44)41-32(45)39-19-22(3)17-24-5-7-25(8-6-24)31-40-20-43(42-31)27-10-12-28(13-11-27)46-34(36,37)38/h5-14,18,20-23H,15-17,19H2,1-4H3,(H,39,45)/b41-33-. The molecule has 2 atom stereocenters. The molecular formula is C34H36F4N6O2S. The van der Waals surface area contributed by atoms with Crippen molar-refractivity contribution in [3.8, 4) is 22.8 Å². The summed E-state index contributed by atoms with van der Waals surface area (Å²) in [7, 11) is 0. The van der Waals surface area contributed by atoms with Crippen LogP contribution in [0.4, 0.5) is 28.0 Å². The fourth-order valence-corrected chi connectivity index (χ4v) is 6.52. The van der Waals surface area contributed by atoms with Crippen LogP contribution in [0.2, 0.25) is 0 Å². The average Bonchev–Trinajstić information content (AvgIpc) is 3.51. The van der Waals surface area contributed by atoms with Crippen molar-refractivity contribution in [2.75, 3.05) is 17.2 Å². The number of benzene rings is 3. The van der Waals surface area contributed by atoms with E-state index in [4.69, 9.17) is 0 Å². The summed E-state index contributed by atoms with van der Waals surface area (Å²) in [6.07, 6.45) is -1.62. The molecular weight excluding hydrogens is 632 g/mol. The van der Waals surface area contributed by atoms with Crippen LogP contribution in [-0.2, 0) is 6.42 Å². The SMILES string of the molecule is CC(CNC(=O)/N=C1\SCCC(C)N1c1ccc(F)cc1C(C)C)Cc1ccc(-c2ncn(-c3ccc(OC(F)(F)F)cc3)n2)cc1. The molecule has 1 aromatic heterocycles. The number of alkyl halides is 3. The number of hydrogen-bond acceptors (Lipinski definition) is 5. The predicted octanol–water partition coefficient (Wildman–Crippen LogP) is 8.37. The van der Waals surface area contributed by atoms with Gasteiger partial charge in [0.15, 0.2) is 11.0 Å². The highest BCUT2D eigenvalue weighted by atomic mass is 32.2. The zero-order chi connectivity index (χ0) is 33.7. The molecule has 1 fully saturated rings. The number of aromatic nitrogens is 3. The quantitative estimate of drug-likeness (QED) is 0.181. The molecule has 2 heterocycles. The number of rotatable bonds is 9. The van der Waals surface area contributed by atoms with Gasteiger partial charge in [-0.25, -0.2) is 18.9 Å². The molecule has 1 aliphatic rings. The molecule has 8 nitrogen and oxygen atoms in total. The van der Waals surface area contributed by atoms with Gasteiger partial charge in [-0.2, -0.15) is 4.99 Å². The summed E-state index contributed by atoms with van der Waals surface area (Å²) in [6, 6.07) is 17.6. The van der Waals surface area contributed by atoms with Gasteiger partial charge in [0.2, 0.25) is 0 Å². The van der Waals surface area contributed by atoms with Gasteiger partial charge in [-0.05, 0) is 85.2 Å². The van der Waals surface area contributed by atoms with Crippen LogP contribution >= 0.6 is 11.8 Å². The minimum Gasteiger partial charge on any atom is -0.406 e. The van der Waals surface area contributed by atoms with Crippen LogP contribution in [-0.4, -0.2) is 50.7 Å². The molecule has 3 aromatic carbocycles. The number of hydrogen-bond donors (Lipinski definition) is 1. The van der Waals surface area contributed by atoms with Crippen molar-refractivity contribution in [1.29, 1.82) is 0 Å². The number of carbonyl (C=O) groups is 1. The topological polar surface area (TPSA) is 84.6 Å². The third-order valence-electron chi connectivity index (χ3n) is 7.71. The maximum absolute atomic E-state index is 14.1. The monoisotopic (exact) mass is 668 g/mol. The lowest BCUT2D eigenvalue weighted by molar-refractivity contribution is -0.274. The maximum atomic E-state index is 14.1. The van der Waals surface area contributed by atoms with Crippen molar-refractivity contribution in [2.24, 2.45) is 10.9 Å². The van der Waals surface area contributed by atoms with Crippen LogP contribution in [0.3, 0.4) is 0 Å². The van der Waals surface area contributed by atoms with E-state index >= 15 is 0 Å². The Kier molecular flexibility index (Phi) is 10.5. The first-order valence-corrected chi connectivity index (χ1v) is 16.3. The number of nitrogens with zero attached hydrogens (tertiary/aromatic N) is 5. The molecule has 4 aromatic rings. The van der Waals surface area contributed by atoms with E-state index in [0.717, 1.165) is 41.0 Å². The molecule has 5 rings (SSSR count). The Hall–Kier alpha value is -4.39. The predicted molar refractivity (Wildman–Crippen MR) is 177 cm³/mol. The van der Waals surface area contributed by atoms with E-state index in [1.807, 2.05) is 45.0 Å². The Balaban J connectivity index is 1.17.